The van der Waals surface area contributed by atoms with Crippen molar-refractivity contribution in [3.63, 3.8) is 0 Å². The molecule has 1 aromatic carbocycles. The zero-order valence-electron chi connectivity index (χ0n) is 17.0. The van der Waals surface area contributed by atoms with E-state index < -0.39 is 0 Å². The van der Waals surface area contributed by atoms with Crippen molar-refractivity contribution in [2.75, 3.05) is 52.0 Å². The van der Waals surface area contributed by atoms with Crippen LogP contribution in [0.2, 0.25) is 0 Å². The van der Waals surface area contributed by atoms with Gasteiger partial charge < -0.3 is 28.7 Å². The molecule has 0 aliphatic carbocycles. The first kappa shape index (κ1) is 20.0. The topological polar surface area (TPSA) is 77.5 Å². The Kier molecular flexibility index (Phi) is 5.91. The lowest BCUT2D eigenvalue weighted by molar-refractivity contribution is -0.140. The number of nitrogens with zero attached hydrogens (tertiary/aromatic N) is 2. The molecule has 0 spiro atoms. The van der Waals surface area contributed by atoms with Gasteiger partial charge in [0.1, 0.15) is 0 Å². The van der Waals surface area contributed by atoms with E-state index in [0.29, 0.717) is 50.3 Å². The van der Waals surface area contributed by atoms with Gasteiger partial charge in [0, 0.05) is 43.7 Å². The van der Waals surface area contributed by atoms with Crippen molar-refractivity contribution in [1.29, 1.82) is 0 Å². The standard InChI is InChI=1S/C21H28N2O6/c1-26-17-4-3-16(12-18(17)27-2)23-13-15(11-19(23)24)20(25)22-7-5-14(6-8-22)21-28-9-10-29-21/h3-4,12,14-15,21H,5-11,13H2,1-2H3. The highest BCUT2D eigenvalue weighted by molar-refractivity contribution is 6.00. The molecule has 0 saturated carbocycles. The Bertz CT molecular complexity index is 756. The second-order valence-electron chi connectivity index (χ2n) is 7.72. The summed E-state index contributed by atoms with van der Waals surface area (Å²) in [5, 5.41) is 0. The van der Waals surface area contributed by atoms with E-state index in [1.54, 1.807) is 31.3 Å². The Morgan fingerprint density at radius 2 is 1.76 bits per heavy atom. The number of ether oxygens (including phenoxy) is 4. The minimum Gasteiger partial charge on any atom is -0.493 e. The van der Waals surface area contributed by atoms with E-state index in [2.05, 4.69) is 0 Å². The molecule has 3 aliphatic rings. The van der Waals surface area contributed by atoms with Crippen LogP contribution in [0.15, 0.2) is 18.2 Å². The highest BCUT2D eigenvalue weighted by Crippen LogP contribution is 2.35. The molecular formula is C21H28N2O6. The fourth-order valence-corrected chi connectivity index (χ4v) is 4.41. The molecule has 2 amide bonds. The van der Waals surface area contributed by atoms with Crippen LogP contribution in [0.25, 0.3) is 0 Å². The number of amides is 2. The Balaban J connectivity index is 1.37. The lowest BCUT2D eigenvalue weighted by Gasteiger charge is -2.35. The van der Waals surface area contributed by atoms with E-state index in [9.17, 15) is 9.59 Å². The Morgan fingerprint density at radius 3 is 2.41 bits per heavy atom. The molecule has 0 N–H and O–H groups in total. The van der Waals surface area contributed by atoms with E-state index in [0.717, 1.165) is 18.5 Å². The first-order valence-electron chi connectivity index (χ1n) is 10.1. The monoisotopic (exact) mass is 404 g/mol. The summed E-state index contributed by atoms with van der Waals surface area (Å²) in [6, 6.07) is 5.37. The average Bonchev–Trinajstić information content (AvgIpc) is 3.43. The normalized spacial score (nSPS) is 23.7. The van der Waals surface area contributed by atoms with Crippen molar-refractivity contribution in [3.05, 3.63) is 18.2 Å². The summed E-state index contributed by atoms with van der Waals surface area (Å²) in [5.41, 5.74) is 0.720. The summed E-state index contributed by atoms with van der Waals surface area (Å²) in [5.74, 6) is 1.21. The predicted molar refractivity (Wildman–Crippen MR) is 105 cm³/mol. The second kappa shape index (κ2) is 8.59. The molecule has 158 valence electrons. The molecule has 8 nitrogen and oxygen atoms in total. The molecule has 8 heteroatoms. The van der Waals surface area contributed by atoms with Gasteiger partial charge in [0.2, 0.25) is 11.8 Å². The van der Waals surface area contributed by atoms with Gasteiger partial charge in [-0.1, -0.05) is 0 Å². The summed E-state index contributed by atoms with van der Waals surface area (Å²) in [6.45, 7) is 3.07. The molecule has 3 aliphatic heterocycles. The second-order valence-corrected chi connectivity index (χ2v) is 7.72. The number of carbonyl (C=O) groups excluding carboxylic acids is 2. The lowest BCUT2D eigenvalue weighted by Crippen LogP contribution is -2.44. The van der Waals surface area contributed by atoms with Gasteiger partial charge in [-0.05, 0) is 25.0 Å². The zero-order valence-corrected chi connectivity index (χ0v) is 17.0. The number of anilines is 1. The summed E-state index contributed by atoms with van der Waals surface area (Å²) < 4.78 is 21.8. The zero-order chi connectivity index (χ0) is 20.4. The third kappa shape index (κ3) is 4.04. The summed E-state index contributed by atoms with van der Waals surface area (Å²) in [7, 11) is 3.13. The number of carbonyl (C=O) groups is 2. The molecule has 29 heavy (non-hydrogen) atoms. The van der Waals surface area contributed by atoms with E-state index >= 15 is 0 Å². The number of rotatable bonds is 5. The van der Waals surface area contributed by atoms with Crippen LogP contribution in [0.3, 0.4) is 0 Å². The summed E-state index contributed by atoms with van der Waals surface area (Å²) >= 11 is 0. The quantitative estimate of drug-likeness (QED) is 0.743. The number of likely N-dealkylation sites (tertiary alicyclic amines) is 1. The molecule has 1 atom stereocenters. The molecular weight excluding hydrogens is 376 g/mol. The highest BCUT2D eigenvalue weighted by atomic mass is 16.7. The molecule has 3 fully saturated rings. The molecule has 1 aromatic rings. The third-order valence-corrected chi connectivity index (χ3v) is 6.04. The van der Waals surface area contributed by atoms with Crippen LogP contribution >= 0.6 is 0 Å². The van der Waals surface area contributed by atoms with Crippen LogP contribution in [0.4, 0.5) is 5.69 Å². The van der Waals surface area contributed by atoms with Crippen molar-refractivity contribution in [2.45, 2.75) is 25.6 Å². The number of benzene rings is 1. The number of hydrogen-bond donors (Lipinski definition) is 0. The molecule has 0 bridgehead atoms. The number of piperidine rings is 1. The number of methoxy groups -OCH3 is 2. The van der Waals surface area contributed by atoms with Crippen molar-refractivity contribution in [3.8, 4) is 11.5 Å². The van der Waals surface area contributed by atoms with Gasteiger partial charge in [-0.25, -0.2) is 0 Å². The van der Waals surface area contributed by atoms with Crippen LogP contribution in [-0.4, -0.2) is 70.1 Å². The Morgan fingerprint density at radius 1 is 1.07 bits per heavy atom. The first-order valence-corrected chi connectivity index (χ1v) is 10.1. The van der Waals surface area contributed by atoms with Crippen LogP contribution < -0.4 is 14.4 Å². The minimum absolute atomic E-state index is 0.0433. The smallest absolute Gasteiger partial charge is 0.228 e. The van der Waals surface area contributed by atoms with Gasteiger partial charge >= 0.3 is 0 Å². The summed E-state index contributed by atoms with van der Waals surface area (Å²) in [4.78, 5) is 29.2. The van der Waals surface area contributed by atoms with Gasteiger partial charge in [0.05, 0.1) is 33.4 Å². The van der Waals surface area contributed by atoms with Gasteiger partial charge in [0.25, 0.3) is 0 Å². The van der Waals surface area contributed by atoms with Crippen LogP contribution in [-0.2, 0) is 19.1 Å². The Labute approximate surface area is 170 Å². The molecule has 0 radical (unpaired) electrons. The van der Waals surface area contributed by atoms with E-state index in [4.69, 9.17) is 18.9 Å². The molecule has 3 saturated heterocycles. The molecule has 3 heterocycles. The SMILES string of the molecule is COc1ccc(N2CC(C(=O)N3CCC(C4OCCO4)CC3)CC2=O)cc1OC. The summed E-state index contributed by atoms with van der Waals surface area (Å²) in [6.07, 6.45) is 1.86. The van der Waals surface area contributed by atoms with E-state index in [1.165, 1.54) is 0 Å². The van der Waals surface area contributed by atoms with Crippen LogP contribution in [0.5, 0.6) is 11.5 Å². The average molecular weight is 404 g/mol. The van der Waals surface area contributed by atoms with Crippen molar-refractivity contribution in [1.82, 2.24) is 4.90 Å². The van der Waals surface area contributed by atoms with Gasteiger partial charge in [-0.3, -0.25) is 9.59 Å². The fourth-order valence-electron chi connectivity index (χ4n) is 4.41. The van der Waals surface area contributed by atoms with Crippen molar-refractivity contribution in [2.24, 2.45) is 11.8 Å². The van der Waals surface area contributed by atoms with Crippen LogP contribution in [0.1, 0.15) is 19.3 Å². The molecule has 0 aromatic heterocycles. The van der Waals surface area contributed by atoms with Crippen LogP contribution in [0, 0.1) is 11.8 Å². The fraction of sp³-hybridized carbons (Fsp3) is 0.619. The maximum Gasteiger partial charge on any atom is 0.228 e. The maximum atomic E-state index is 13.0. The van der Waals surface area contributed by atoms with Crippen molar-refractivity contribution >= 4 is 17.5 Å². The largest absolute Gasteiger partial charge is 0.493 e. The highest BCUT2D eigenvalue weighted by Gasteiger charge is 2.39. The maximum absolute atomic E-state index is 13.0. The molecule has 4 rings (SSSR count). The van der Waals surface area contributed by atoms with Gasteiger partial charge in [-0.15, -0.1) is 0 Å². The first-order chi connectivity index (χ1) is 14.1. The van der Waals surface area contributed by atoms with Crippen molar-refractivity contribution < 1.29 is 28.5 Å². The van der Waals surface area contributed by atoms with Gasteiger partial charge in [0.15, 0.2) is 17.8 Å². The van der Waals surface area contributed by atoms with E-state index in [1.807, 2.05) is 11.0 Å². The number of hydrogen-bond acceptors (Lipinski definition) is 6. The molecule has 1 unspecified atom stereocenters. The Hall–Kier alpha value is -2.32. The van der Waals surface area contributed by atoms with E-state index in [-0.39, 0.29) is 30.4 Å². The van der Waals surface area contributed by atoms with Gasteiger partial charge in [-0.2, -0.15) is 0 Å². The predicted octanol–water partition coefficient (Wildman–Crippen LogP) is 1.67. The third-order valence-electron chi connectivity index (χ3n) is 6.04. The lowest BCUT2D eigenvalue weighted by atomic mass is 9.95. The minimum atomic E-state index is -0.314.